The minimum Gasteiger partial charge on any atom is -0.313 e. The van der Waals surface area contributed by atoms with Crippen molar-refractivity contribution >= 4 is 0 Å². The Morgan fingerprint density at radius 1 is 1.35 bits per heavy atom. The Kier molecular flexibility index (Phi) is 6.82. The van der Waals surface area contributed by atoms with Gasteiger partial charge in [0.25, 0.3) is 0 Å². The molecule has 0 saturated heterocycles. The Morgan fingerprint density at radius 2 is 2.06 bits per heavy atom. The summed E-state index contributed by atoms with van der Waals surface area (Å²) in [5, 5.41) is 3.51. The minimum absolute atomic E-state index is 0.567. The normalized spacial score (nSPS) is 12.9. The van der Waals surface area contributed by atoms with E-state index in [2.05, 4.69) is 48.2 Å². The number of nitrogens with zero attached hydrogens (tertiary/aromatic N) is 2. The van der Waals surface area contributed by atoms with Gasteiger partial charge in [-0.3, -0.25) is 4.98 Å². The number of rotatable bonds is 8. The third-order valence-electron chi connectivity index (χ3n) is 2.86. The summed E-state index contributed by atoms with van der Waals surface area (Å²) in [4.78, 5) is 6.41. The summed E-state index contributed by atoms with van der Waals surface area (Å²) < 4.78 is 0. The van der Waals surface area contributed by atoms with Crippen LogP contribution in [0.3, 0.4) is 0 Å². The summed E-state index contributed by atoms with van der Waals surface area (Å²) in [6, 6.07) is 4.75. The van der Waals surface area contributed by atoms with E-state index in [1.54, 1.807) is 0 Å². The van der Waals surface area contributed by atoms with Crippen molar-refractivity contribution in [1.82, 2.24) is 15.2 Å². The largest absolute Gasteiger partial charge is 0.313 e. The van der Waals surface area contributed by atoms with E-state index in [1.165, 1.54) is 12.0 Å². The monoisotopic (exact) mass is 235 g/mol. The fraction of sp³-hybridized carbons (Fsp3) is 0.643. The molecule has 0 bridgehead atoms. The summed E-state index contributed by atoms with van der Waals surface area (Å²) in [6.45, 7) is 7.76. The Labute approximate surface area is 105 Å². The fourth-order valence-corrected chi connectivity index (χ4v) is 1.88. The SMILES string of the molecule is CCCNC(C)CN(C)CCc1ccncc1. The molecule has 1 aromatic heterocycles. The van der Waals surface area contributed by atoms with Gasteiger partial charge in [-0.2, -0.15) is 0 Å². The van der Waals surface area contributed by atoms with Crippen LogP contribution in [0.25, 0.3) is 0 Å². The molecule has 1 aromatic rings. The molecule has 1 heterocycles. The second kappa shape index (κ2) is 8.20. The number of aromatic nitrogens is 1. The van der Waals surface area contributed by atoms with Crippen LogP contribution in [0.1, 0.15) is 25.8 Å². The molecular formula is C14H25N3. The average molecular weight is 235 g/mol. The van der Waals surface area contributed by atoms with Gasteiger partial charge in [-0.05, 0) is 51.1 Å². The molecule has 0 saturated carbocycles. The second-order valence-corrected chi connectivity index (χ2v) is 4.72. The van der Waals surface area contributed by atoms with Gasteiger partial charge < -0.3 is 10.2 Å². The molecule has 0 radical (unpaired) electrons. The maximum atomic E-state index is 4.03. The van der Waals surface area contributed by atoms with Crippen molar-refractivity contribution in [2.45, 2.75) is 32.7 Å². The zero-order valence-electron chi connectivity index (χ0n) is 11.3. The Balaban J connectivity index is 2.19. The van der Waals surface area contributed by atoms with Crippen molar-refractivity contribution in [1.29, 1.82) is 0 Å². The molecule has 0 aliphatic heterocycles. The van der Waals surface area contributed by atoms with Gasteiger partial charge in [-0.1, -0.05) is 6.92 Å². The van der Waals surface area contributed by atoms with Gasteiger partial charge in [-0.15, -0.1) is 0 Å². The summed E-state index contributed by atoms with van der Waals surface area (Å²) in [7, 11) is 2.19. The number of hydrogen-bond acceptors (Lipinski definition) is 3. The van der Waals surface area contributed by atoms with E-state index in [0.29, 0.717) is 6.04 Å². The van der Waals surface area contributed by atoms with Crippen LogP contribution in [0.2, 0.25) is 0 Å². The van der Waals surface area contributed by atoms with Crippen molar-refractivity contribution in [3.8, 4) is 0 Å². The lowest BCUT2D eigenvalue weighted by atomic mass is 10.2. The molecule has 1 rings (SSSR count). The van der Waals surface area contributed by atoms with Gasteiger partial charge in [0, 0.05) is 31.5 Å². The molecule has 0 amide bonds. The standard InChI is InChI=1S/C14H25N3/c1-4-8-16-13(2)12-17(3)11-7-14-5-9-15-10-6-14/h5-6,9-10,13,16H,4,7-8,11-12H2,1-3H3. The summed E-state index contributed by atoms with van der Waals surface area (Å²) in [5.41, 5.74) is 1.36. The lowest BCUT2D eigenvalue weighted by Gasteiger charge is -2.22. The van der Waals surface area contributed by atoms with Gasteiger partial charge in [-0.25, -0.2) is 0 Å². The second-order valence-electron chi connectivity index (χ2n) is 4.72. The number of likely N-dealkylation sites (N-methyl/N-ethyl adjacent to an activating group) is 1. The first-order chi connectivity index (χ1) is 8.22. The maximum Gasteiger partial charge on any atom is 0.0270 e. The topological polar surface area (TPSA) is 28.2 Å². The van der Waals surface area contributed by atoms with Crippen molar-refractivity contribution in [2.75, 3.05) is 26.7 Å². The first-order valence-corrected chi connectivity index (χ1v) is 6.53. The minimum atomic E-state index is 0.567. The highest BCUT2D eigenvalue weighted by atomic mass is 15.1. The molecule has 1 atom stereocenters. The predicted molar refractivity (Wildman–Crippen MR) is 73.2 cm³/mol. The first kappa shape index (κ1) is 14.1. The van der Waals surface area contributed by atoms with Crippen LogP contribution in [-0.2, 0) is 6.42 Å². The average Bonchev–Trinajstić information content (AvgIpc) is 2.35. The van der Waals surface area contributed by atoms with E-state index in [4.69, 9.17) is 0 Å². The van der Waals surface area contributed by atoms with Crippen LogP contribution >= 0.6 is 0 Å². The van der Waals surface area contributed by atoms with Crippen LogP contribution in [0.5, 0.6) is 0 Å². The molecule has 3 nitrogen and oxygen atoms in total. The molecule has 17 heavy (non-hydrogen) atoms. The quantitative estimate of drug-likeness (QED) is 0.746. The highest BCUT2D eigenvalue weighted by Gasteiger charge is 2.05. The number of nitrogens with one attached hydrogen (secondary N) is 1. The molecule has 0 spiro atoms. The van der Waals surface area contributed by atoms with Crippen molar-refractivity contribution in [3.63, 3.8) is 0 Å². The van der Waals surface area contributed by atoms with E-state index in [-0.39, 0.29) is 0 Å². The summed E-state index contributed by atoms with van der Waals surface area (Å²) >= 11 is 0. The van der Waals surface area contributed by atoms with Crippen LogP contribution in [0.15, 0.2) is 24.5 Å². The lowest BCUT2D eigenvalue weighted by molar-refractivity contribution is 0.300. The van der Waals surface area contributed by atoms with Gasteiger partial charge in [0.15, 0.2) is 0 Å². The molecule has 3 heteroatoms. The summed E-state index contributed by atoms with van der Waals surface area (Å²) in [6.07, 6.45) is 6.02. The van der Waals surface area contributed by atoms with Crippen LogP contribution in [0.4, 0.5) is 0 Å². The van der Waals surface area contributed by atoms with Crippen LogP contribution < -0.4 is 5.32 Å². The highest BCUT2D eigenvalue weighted by molar-refractivity contribution is 5.09. The third kappa shape index (κ3) is 6.39. The number of pyridine rings is 1. The molecule has 0 aromatic carbocycles. The molecule has 0 aliphatic rings. The Hall–Kier alpha value is -0.930. The van der Waals surface area contributed by atoms with Gasteiger partial charge in [0.1, 0.15) is 0 Å². The fourth-order valence-electron chi connectivity index (χ4n) is 1.88. The van der Waals surface area contributed by atoms with Crippen molar-refractivity contribution in [3.05, 3.63) is 30.1 Å². The molecule has 1 unspecified atom stereocenters. The number of hydrogen-bond donors (Lipinski definition) is 1. The Bertz CT molecular complexity index is 287. The van der Waals surface area contributed by atoms with Gasteiger partial charge >= 0.3 is 0 Å². The zero-order chi connectivity index (χ0) is 12.5. The maximum absolute atomic E-state index is 4.03. The molecule has 1 N–H and O–H groups in total. The van der Waals surface area contributed by atoms with Crippen molar-refractivity contribution in [2.24, 2.45) is 0 Å². The molecule has 0 fully saturated rings. The summed E-state index contributed by atoms with van der Waals surface area (Å²) in [5.74, 6) is 0. The Morgan fingerprint density at radius 3 is 2.71 bits per heavy atom. The van der Waals surface area contributed by atoms with Crippen molar-refractivity contribution < 1.29 is 0 Å². The van der Waals surface area contributed by atoms with E-state index >= 15 is 0 Å². The smallest absolute Gasteiger partial charge is 0.0270 e. The van der Waals surface area contributed by atoms with Crippen LogP contribution in [0, 0.1) is 0 Å². The zero-order valence-corrected chi connectivity index (χ0v) is 11.3. The predicted octanol–water partition coefficient (Wildman–Crippen LogP) is 1.94. The van der Waals surface area contributed by atoms with E-state index in [9.17, 15) is 0 Å². The van der Waals surface area contributed by atoms with Gasteiger partial charge in [0.05, 0.1) is 0 Å². The highest BCUT2D eigenvalue weighted by Crippen LogP contribution is 1.99. The molecule has 0 aliphatic carbocycles. The van der Waals surface area contributed by atoms with Crippen LogP contribution in [-0.4, -0.2) is 42.6 Å². The third-order valence-corrected chi connectivity index (χ3v) is 2.86. The molecule has 96 valence electrons. The van der Waals surface area contributed by atoms with E-state index < -0.39 is 0 Å². The lowest BCUT2D eigenvalue weighted by Crippen LogP contribution is -2.38. The van der Waals surface area contributed by atoms with E-state index in [1.807, 2.05) is 12.4 Å². The molecular weight excluding hydrogens is 210 g/mol. The van der Waals surface area contributed by atoms with E-state index in [0.717, 1.165) is 26.1 Å². The first-order valence-electron chi connectivity index (χ1n) is 6.53. The van der Waals surface area contributed by atoms with Gasteiger partial charge in [0.2, 0.25) is 0 Å².